The van der Waals surface area contributed by atoms with E-state index in [4.69, 9.17) is 14.0 Å². The number of carbonyl (C=O) groups excluding carboxylic acids is 6. The topological polar surface area (TPSA) is 419 Å². The number of pyridine rings is 1. The average Bonchev–Trinajstić information content (AvgIpc) is 1.31. The van der Waals surface area contributed by atoms with Gasteiger partial charge in [0.15, 0.2) is 18.2 Å². The fourth-order valence-electron chi connectivity index (χ4n) is 9.49. The lowest BCUT2D eigenvalue weighted by Crippen LogP contribution is -2.54. The highest BCUT2D eigenvalue weighted by molar-refractivity contribution is 7.88. The smallest absolute Gasteiger partial charge is 0.333 e. The first-order chi connectivity index (χ1) is 42.7. The first-order valence-electron chi connectivity index (χ1n) is 28.8. The highest BCUT2D eigenvalue weighted by Gasteiger charge is 2.30. The second kappa shape index (κ2) is 32.3. The summed E-state index contributed by atoms with van der Waals surface area (Å²) in [6, 6.07) is 9.74. The minimum absolute atomic E-state index is 0.00944. The van der Waals surface area contributed by atoms with Gasteiger partial charge in [0.05, 0.1) is 12.8 Å². The zero-order valence-electron chi connectivity index (χ0n) is 48.8. The lowest BCUT2D eigenvalue weighted by Gasteiger charge is -2.23. The number of carbonyl (C=O) groups is 6. The Morgan fingerprint density at radius 3 is 1.93 bits per heavy atom. The van der Waals surface area contributed by atoms with Gasteiger partial charge in [-0.2, -0.15) is 25.3 Å². The van der Waals surface area contributed by atoms with E-state index in [9.17, 15) is 77.9 Å². The first kappa shape index (κ1) is 69.7. The quantitative estimate of drug-likeness (QED) is 0.0376. The third kappa shape index (κ3) is 21.2. The van der Waals surface area contributed by atoms with Gasteiger partial charge in [-0.25, -0.2) is 14.3 Å². The van der Waals surface area contributed by atoms with Crippen molar-refractivity contribution in [2.45, 2.75) is 154 Å². The van der Waals surface area contributed by atoms with Gasteiger partial charge in [-0.3, -0.25) is 37.6 Å². The molecule has 6 aromatic rings. The number of aromatic nitrogens is 3. The van der Waals surface area contributed by atoms with Gasteiger partial charge in [0, 0.05) is 96.8 Å². The van der Waals surface area contributed by atoms with Crippen molar-refractivity contribution in [3.05, 3.63) is 94.6 Å². The lowest BCUT2D eigenvalue weighted by atomic mass is 10.1. The monoisotopic (exact) mass is 1350 g/mol. The van der Waals surface area contributed by atoms with Crippen molar-refractivity contribution in [3.63, 3.8) is 0 Å². The van der Waals surface area contributed by atoms with Gasteiger partial charge < -0.3 is 50.8 Å². The van der Waals surface area contributed by atoms with Crippen molar-refractivity contribution in [2.24, 2.45) is 0 Å². The van der Waals surface area contributed by atoms with E-state index in [0.717, 1.165) is 29.5 Å². The molecule has 6 bridgehead atoms. The van der Waals surface area contributed by atoms with Crippen LogP contribution in [0.3, 0.4) is 0 Å². The number of nitrogens with one attached hydrogen (secondary N) is 5. The van der Waals surface area contributed by atoms with Crippen molar-refractivity contribution >= 4 is 88.5 Å². The summed E-state index contributed by atoms with van der Waals surface area (Å²) in [7, 11) is -14.0. The van der Waals surface area contributed by atoms with Crippen LogP contribution in [-0.4, -0.2) is 132 Å². The SMILES string of the molecule is Cc1cc2c(S(=O)(=O)O)cc1-c1cnc(o1)-c1cc[n+](cc1)CCCCCC(=O)NC(Cc1ccc(S(=O)(=O)O)s1)C(=O)NCCCCC(C(=O)NCCCCCC(=O)On1c(O)ccc1O)NC(=O)C(Cc1ccc(S(=O)(=O)O)s1)NC(=O)CCCCCO2. The van der Waals surface area contributed by atoms with Crippen LogP contribution in [0.5, 0.6) is 17.5 Å². The maximum atomic E-state index is 14.3. The van der Waals surface area contributed by atoms with Crippen molar-refractivity contribution < 1.29 is 96.5 Å². The van der Waals surface area contributed by atoms with Crippen molar-refractivity contribution in [2.75, 3.05) is 19.7 Å². The van der Waals surface area contributed by atoms with Gasteiger partial charge in [-0.15, -0.1) is 27.4 Å². The third-order valence-corrected chi connectivity index (χ3v) is 19.9. The number of benzene rings is 1. The summed E-state index contributed by atoms with van der Waals surface area (Å²) in [4.78, 5) is 91.0. The fraction of sp³-hybridized carbons (Fsp3) is 0.439. The molecule has 28 nitrogen and oxygen atoms in total. The van der Waals surface area contributed by atoms with Crippen LogP contribution in [0.25, 0.3) is 22.8 Å². The molecule has 10 N–H and O–H groups in total. The van der Waals surface area contributed by atoms with Crippen molar-refractivity contribution in [1.29, 1.82) is 0 Å². The molecule has 0 saturated heterocycles. The number of thiophene rings is 2. The van der Waals surface area contributed by atoms with Crippen LogP contribution in [0.2, 0.25) is 0 Å². The standard InChI is InChI=1S/C57H70N8O20S5/c1-36-31-44-46(88(74,75)76)34-40(36)45-35-60-57(84-45)37-23-28-64(29-24-37)27-11-3-5-14-47(66)61-42(32-38-17-21-52(86-38)89(77,78)79)55(72)59-26-10-8-13-41(54(71)58-25-9-2-7-16-51(70)85-65-49(68)19-20-50(65)69)63-56(73)43(62-48(67)15-6-4-12-30-83-44)33-39-18-22-53(87-39)90(80,81)82/h17-24,28-29,31,34-35,41-43,60H,2-16,25-27,30,32-33H2,1H3,(H8,58,59,61,62,63,66,67,71,72,73,74,75,76,77,78,79,80,81,82)/p+1. The second-order valence-electron chi connectivity index (χ2n) is 21.2. The normalized spacial score (nSPS) is 17.9. The molecule has 4 aliphatic rings. The van der Waals surface area contributed by atoms with E-state index in [1.165, 1.54) is 36.5 Å². The number of hydrogen-bond donors (Lipinski definition) is 10. The Morgan fingerprint density at radius 2 is 1.33 bits per heavy atom. The highest BCUT2D eigenvalue weighted by atomic mass is 32.3. The molecule has 33 heteroatoms. The number of aromatic hydroxyl groups is 2. The first-order valence-corrected chi connectivity index (χ1v) is 34.8. The average molecular weight is 1350 g/mol. The van der Waals surface area contributed by atoms with Crippen LogP contribution in [0.4, 0.5) is 0 Å². The zero-order chi connectivity index (χ0) is 65.2. The Kier molecular flexibility index (Phi) is 25.0. The number of ether oxygens (including phenoxy) is 1. The molecule has 3 unspecified atom stereocenters. The van der Waals surface area contributed by atoms with Gasteiger partial charge in [0.2, 0.25) is 47.2 Å². The largest absolute Gasteiger partial charge is 0.492 e. The Bertz CT molecular complexity index is 3820. The third-order valence-electron chi connectivity index (χ3n) is 14.2. The summed E-state index contributed by atoms with van der Waals surface area (Å²) in [5.41, 5.74) is 1.47. The molecule has 0 spiro atoms. The predicted molar refractivity (Wildman–Crippen MR) is 324 cm³/mol. The van der Waals surface area contributed by atoms with Gasteiger partial charge in [-0.05, 0) is 113 Å². The van der Waals surface area contributed by atoms with E-state index in [1.807, 2.05) is 17.0 Å². The van der Waals surface area contributed by atoms with Crippen LogP contribution in [0.15, 0.2) is 97.0 Å². The number of amides is 5. The number of rotatable bonds is 15. The Balaban J connectivity index is 1.08. The Morgan fingerprint density at radius 1 is 0.722 bits per heavy atom. The summed E-state index contributed by atoms with van der Waals surface area (Å²) in [6.07, 6.45) is 8.56. The van der Waals surface area contributed by atoms with Gasteiger partial charge in [0.25, 0.3) is 10.1 Å². The molecule has 0 saturated carbocycles. The molecule has 0 fully saturated rings. The Labute approximate surface area is 527 Å². The van der Waals surface area contributed by atoms with E-state index >= 15 is 0 Å². The van der Waals surface area contributed by atoms with Gasteiger partial charge >= 0.3 is 26.2 Å². The van der Waals surface area contributed by atoms with E-state index in [2.05, 4.69) is 31.6 Å². The van der Waals surface area contributed by atoms with Crippen LogP contribution >= 0.6 is 22.7 Å². The van der Waals surface area contributed by atoms with Crippen LogP contribution < -0.4 is 40.7 Å². The van der Waals surface area contributed by atoms with Crippen LogP contribution in [-0.2, 0) is 78.5 Å². The number of hydrogen-bond acceptors (Lipinski definition) is 20. The number of aryl methyl sites for hydroxylation is 2. The van der Waals surface area contributed by atoms with Crippen LogP contribution in [0.1, 0.15) is 112 Å². The molecule has 5 aromatic heterocycles. The van der Waals surface area contributed by atoms with E-state index < -0.39 is 105 Å². The molecule has 10 rings (SSSR count). The minimum atomic E-state index is -4.83. The molecular weight excluding hydrogens is 1280 g/mol. The molecular formula is C57H71N8O20S5+. The van der Waals surface area contributed by atoms with Gasteiger partial charge in [-0.1, -0.05) is 6.42 Å². The summed E-state index contributed by atoms with van der Waals surface area (Å²) in [5.74, 6) is -4.57. The van der Waals surface area contributed by atoms with Gasteiger partial charge in [0.1, 0.15) is 43.7 Å². The molecule has 90 heavy (non-hydrogen) atoms. The van der Waals surface area contributed by atoms with E-state index in [1.54, 1.807) is 19.1 Å². The molecule has 9 heterocycles. The summed E-state index contributed by atoms with van der Waals surface area (Å²) in [6.45, 7) is 2.33. The number of oxazole rings is 1. The molecule has 3 atom stereocenters. The summed E-state index contributed by atoms with van der Waals surface area (Å²) < 4.78 is 116. The lowest BCUT2D eigenvalue weighted by molar-refractivity contribution is -0.697. The van der Waals surface area contributed by atoms with E-state index in [-0.39, 0.29) is 110 Å². The van der Waals surface area contributed by atoms with Crippen molar-refractivity contribution in [1.82, 2.24) is 36.3 Å². The van der Waals surface area contributed by atoms with Crippen LogP contribution in [0, 0.1) is 6.92 Å². The zero-order valence-corrected chi connectivity index (χ0v) is 52.9. The summed E-state index contributed by atoms with van der Waals surface area (Å²) >= 11 is 1.38. The minimum Gasteiger partial charge on any atom is -0.492 e. The molecule has 4 aliphatic heterocycles. The maximum Gasteiger partial charge on any atom is 0.333 e. The number of nitrogens with zero attached hydrogens (tertiary/aromatic N) is 3. The summed E-state index contributed by atoms with van der Waals surface area (Å²) in [5, 5.41) is 33.2. The molecule has 0 aliphatic carbocycles. The molecule has 0 radical (unpaired) electrons. The molecule has 488 valence electrons. The maximum absolute atomic E-state index is 14.3. The van der Waals surface area contributed by atoms with Crippen molar-refractivity contribution in [3.8, 4) is 40.3 Å². The molecule has 1 aromatic carbocycles. The molecule has 5 amide bonds. The van der Waals surface area contributed by atoms with E-state index in [0.29, 0.717) is 89.1 Å². The second-order valence-corrected chi connectivity index (χ2v) is 28.2. The number of unbranched alkanes of at least 4 members (excludes halogenated alkanes) is 2. The predicted octanol–water partition coefficient (Wildman–Crippen LogP) is 4.75. The highest BCUT2D eigenvalue weighted by Crippen LogP contribution is 2.35. The Hall–Kier alpha value is -7.79. The fourth-order valence-corrected chi connectivity index (χ4v) is 13.7.